The molecule has 1 aliphatic rings. The first-order chi connectivity index (χ1) is 9.69. The fourth-order valence-corrected chi connectivity index (χ4v) is 3.59. The minimum absolute atomic E-state index is 0.104. The Morgan fingerprint density at radius 2 is 2.15 bits per heavy atom. The van der Waals surface area contributed by atoms with Crippen LogP contribution in [0.1, 0.15) is 41.9 Å². The number of carbonyl (C=O) groups is 1. The number of aliphatic hydroxyl groups excluding tert-OH is 1. The van der Waals surface area contributed by atoms with Crippen molar-refractivity contribution in [2.75, 3.05) is 6.61 Å². The van der Waals surface area contributed by atoms with E-state index in [1.54, 1.807) is 11.3 Å². The number of nitrogens with one attached hydrogen (secondary N) is 2. The lowest BCUT2D eigenvalue weighted by Gasteiger charge is -2.24. The summed E-state index contributed by atoms with van der Waals surface area (Å²) < 4.78 is 0. The molecule has 2 amide bonds. The average Bonchev–Trinajstić information content (AvgIpc) is 2.72. The summed E-state index contributed by atoms with van der Waals surface area (Å²) in [6.45, 7) is 2.79. The van der Waals surface area contributed by atoms with E-state index in [2.05, 4.69) is 23.6 Å². The first-order valence-electron chi connectivity index (χ1n) is 7.39. The van der Waals surface area contributed by atoms with Crippen molar-refractivity contribution in [3.63, 3.8) is 0 Å². The van der Waals surface area contributed by atoms with Crippen molar-refractivity contribution < 1.29 is 9.90 Å². The molecule has 1 aromatic heterocycles. The summed E-state index contributed by atoms with van der Waals surface area (Å²) in [6, 6.07) is 4.09. The number of hydrogen-bond donors (Lipinski definition) is 3. The molecule has 2 unspecified atom stereocenters. The molecule has 1 fully saturated rings. The number of hydrogen-bond acceptors (Lipinski definition) is 3. The Labute approximate surface area is 124 Å². The molecular formula is C15H24N2O2S. The van der Waals surface area contributed by atoms with Gasteiger partial charge in [0, 0.05) is 28.3 Å². The molecule has 0 aromatic carbocycles. The Morgan fingerprint density at radius 1 is 1.35 bits per heavy atom. The zero-order chi connectivity index (χ0) is 14.4. The molecule has 1 aliphatic carbocycles. The lowest BCUT2D eigenvalue weighted by Crippen LogP contribution is -2.45. The second-order valence-electron chi connectivity index (χ2n) is 5.53. The van der Waals surface area contributed by atoms with Gasteiger partial charge in [-0.05, 0) is 31.9 Å². The van der Waals surface area contributed by atoms with Crippen LogP contribution in [0.5, 0.6) is 0 Å². The highest BCUT2D eigenvalue weighted by Gasteiger charge is 2.24. The maximum atomic E-state index is 12.0. The number of aliphatic hydroxyl groups is 1. The largest absolute Gasteiger partial charge is 0.396 e. The zero-order valence-corrected chi connectivity index (χ0v) is 12.8. The van der Waals surface area contributed by atoms with E-state index in [9.17, 15) is 9.90 Å². The summed E-state index contributed by atoms with van der Waals surface area (Å²) in [5.74, 6) is 0.201. The van der Waals surface area contributed by atoms with E-state index in [1.807, 2.05) is 6.07 Å². The standard InChI is InChI=1S/C15H24N2O2S/c1-11-7-8-13(20-11)9-16-15(19)17-14-6-4-2-3-5-12(14)10-18/h7-8,12,14,18H,2-6,9-10H2,1H3,(H2,16,17,19). The van der Waals surface area contributed by atoms with E-state index < -0.39 is 0 Å². The summed E-state index contributed by atoms with van der Waals surface area (Å²) in [4.78, 5) is 14.4. The van der Waals surface area contributed by atoms with E-state index in [4.69, 9.17) is 0 Å². The molecule has 0 bridgehead atoms. The maximum absolute atomic E-state index is 12.0. The van der Waals surface area contributed by atoms with Crippen LogP contribution < -0.4 is 10.6 Å². The lowest BCUT2D eigenvalue weighted by atomic mass is 9.96. The molecule has 1 heterocycles. The fourth-order valence-electron chi connectivity index (χ4n) is 2.76. The van der Waals surface area contributed by atoms with Gasteiger partial charge in [0.05, 0.1) is 6.54 Å². The molecular weight excluding hydrogens is 272 g/mol. The molecule has 20 heavy (non-hydrogen) atoms. The van der Waals surface area contributed by atoms with Gasteiger partial charge in [-0.2, -0.15) is 0 Å². The third kappa shape index (κ3) is 4.49. The van der Waals surface area contributed by atoms with Gasteiger partial charge in [-0.3, -0.25) is 0 Å². The van der Waals surface area contributed by atoms with Crippen LogP contribution in [0, 0.1) is 12.8 Å². The third-order valence-corrected chi connectivity index (χ3v) is 4.93. The van der Waals surface area contributed by atoms with Gasteiger partial charge in [0.25, 0.3) is 0 Å². The van der Waals surface area contributed by atoms with Gasteiger partial charge in [0.15, 0.2) is 0 Å². The molecule has 0 saturated heterocycles. The Balaban J connectivity index is 1.80. The minimum Gasteiger partial charge on any atom is -0.396 e. The predicted molar refractivity (Wildman–Crippen MR) is 81.9 cm³/mol. The number of thiophene rings is 1. The molecule has 0 spiro atoms. The molecule has 1 aromatic rings. The van der Waals surface area contributed by atoms with Crippen molar-refractivity contribution >= 4 is 17.4 Å². The molecule has 4 nitrogen and oxygen atoms in total. The molecule has 1 saturated carbocycles. The zero-order valence-electron chi connectivity index (χ0n) is 12.0. The van der Waals surface area contributed by atoms with Crippen molar-refractivity contribution in [2.45, 2.75) is 51.6 Å². The van der Waals surface area contributed by atoms with E-state index in [0.29, 0.717) is 6.54 Å². The topological polar surface area (TPSA) is 61.4 Å². The van der Waals surface area contributed by atoms with Crippen LogP contribution in [-0.2, 0) is 6.54 Å². The summed E-state index contributed by atoms with van der Waals surface area (Å²) >= 11 is 1.70. The number of urea groups is 1. The van der Waals surface area contributed by atoms with Crippen molar-refractivity contribution in [1.29, 1.82) is 0 Å². The Kier molecular flexibility index (Phi) is 5.86. The lowest BCUT2D eigenvalue weighted by molar-refractivity contribution is 0.179. The average molecular weight is 296 g/mol. The predicted octanol–water partition coefficient (Wildman–Crippen LogP) is 2.80. The van der Waals surface area contributed by atoms with Crippen molar-refractivity contribution in [3.8, 4) is 0 Å². The fraction of sp³-hybridized carbons (Fsp3) is 0.667. The monoisotopic (exact) mass is 296 g/mol. The minimum atomic E-state index is -0.124. The summed E-state index contributed by atoms with van der Waals surface area (Å²) in [7, 11) is 0. The van der Waals surface area contributed by atoms with Crippen LogP contribution in [0.4, 0.5) is 4.79 Å². The van der Waals surface area contributed by atoms with Crippen molar-refractivity contribution in [3.05, 3.63) is 21.9 Å². The van der Waals surface area contributed by atoms with Crippen LogP contribution in [-0.4, -0.2) is 23.8 Å². The molecule has 112 valence electrons. The molecule has 2 atom stereocenters. The van der Waals surface area contributed by atoms with Crippen LogP contribution in [0.25, 0.3) is 0 Å². The summed E-state index contributed by atoms with van der Waals surface area (Å²) in [5.41, 5.74) is 0. The number of rotatable bonds is 4. The molecule has 5 heteroatoms. The van der Waals surface area contributed by atoms with Gasteiger partial charge in [-0.1, -0.05) is 19.3 Å². The highest BCUT2D eigenvalue weighted by atomic mass is 32.1. The second-order valence-corrected chi connectivity index (χ2v) is 6.90. The van der Waals surface area contributed by atoms with Gasteiger partial charge in [-0.25, -0.2) is 4.79 Å². The van der Waals surface area contributed by atoms with Crippen molar-refractivity contribution in [2.24, 2.45) is 5.92 Å². The van der Waals surface area contributed by atoms with E-state index in [0.717, 1.165) is 30.6 Å². The normalized spacial score (nSPS) is 23.1. The first-order valence-corrected chi connectivity index (χ1v) is 8.21. The van der Waals surface area contributed by atoms with E-state index in [-0.39, 0.29) is 24.6 Å². The van der Waals surface area contributed by atoms with Gasteiger partial charge < -0.3 is 15.7 Å². The van der Waals surface area contributed by atoms with Crippen LogP contribution >= 0.6 is 11.3 Å². The Hall–Kier alpha value is -1.07. The Bertz CT molecular complexity index is 433. The molecule has 0 aliphatic heterocycles. The smallest absolute Gasteiger partial charge is 0.315 e. The SMILES string of the molecule is Cc1ccc(CNC(=O)NC2CCCCCC2CO)s1. The van der Waals surface area contributed by atoms with Gasteiger partial charge >= 0.3 is 6.03 Å². The molecule has 2 rings (SSSR count). The quantitative estimate of drug-likeness (QED) is 0.748. The summed E-state index contributed by atoms with van der Waals surface area (Å²) in [5, 5.41) is 15.4. The van der Waals surface area contributed by atoms with Crippen LogP contribution in [0.3, 0.4) is 0 Å². The third-order valence-electron chi connectivity index (χ3n) is 3.93. The second kappa shape index (κ2) is 7.64. The maximum Gasteiger partial charge on any atom is 0.315 e. The van der Waals surface area contributed by atoms with E-state index >= 15 is 0 Å². The molecule has 3 N–H and O–H groups in total. The van der Waals surface area contributed by atoms with Crippen LogP contribution in [0.2, 0.25) is 0 Å². The van der Waals surface area contributed by atoms with Crippen LogP contribution in [0.15, 0.2) is 12.1 Å². The van der Waals surface area contributed by atoms with Gasteiger partial charge in [-0.15, -0.1) is 11.3 Å². The first kappa shape index (κ1) is 15.3. The van der Waals surface area contributed by atoms with Gasteiger partial charge in [0.2, 0.25) is 0 Å². The number of carbonyl (C=O) groups excluding carboxylic acids is 1. The Morgan fingerprint density at radius 3 is 2.85 bits per heavy atom. The van der Waals surface area contributed by atoms with E-state index in [1.165, 1.54) is 11.3 Å². The molecule has 0 radical (unpaired) electrons. The highest BCUT2D eigenvalue weighted by molar-refractivity contribution is 7.11. The van der Waals surface area contributed by atoms with Gasteiger partial charge in [0.1, 0.15) is 0 Å². The van der Waals surface area contributed by atoms with Crippen molar-refractivity contribution in [1.82, 2.24) is 10.6 Å². The highest BCUT2D eigenvalue weighted by Crippen LogP contribution is 2.23. The number of amides is 2. The summed E-state index contributed by atoms with van der Waals surface area (Å²) in [6.07, 6.45) is 5.46. The number of aryl methyl sites for hydroxylation is 1.